The highest BCUT2D eigenvalue weighted by molar-refractivity contribution is 5.86. The van der Waals surface area contributed by atoms with Crippen molar-refractivity contribution in [1.82, 2.24) is 20.0 Å². The van der Waals surface area contributed by atoms with Gasteiger partial charge in [-0.05, 0) is 12.1 Å². The fourth-order valence-electron chi connectivity index (χ4n) is 1.71. The van der Waals surface area contributed by atoms with Crippen molar-refractivity contribution in [2.45, 2.75) is 19.9 Å². The van der Waals surface area contributed by atoms with Gasteiger partial charge in [-0.25, -0.2) is 4.79 Å². The molecule has 0 spiro atoms. The number of hydrogen-bond donors (Lipinski definition) is 2. The molecule has 2 aromatic heterocycles. The Labute approximate surface area is 114 Å². The zero-order valence-corrected chi connectivity index (χ0v) is 10.9. The molecular weight excluding hydrogens is 264 g/mol. The van der Waals surface area contributed by atoms with Crippen LogP contribution in [0.1, 0.15) is 22.2 Å². The summed E-state index contributed by atoms with van der Waals surface area (Å²) in [4.78, 5) is 26.6. The summed E-state index contributed by atoms with van der Waals surface area (Å²) in [5.41, 5.74) is 0.0777. The number of aromatic nitrogens is 3. The Balaban J connectivity index is 1.80. The molecule has 20 heavy (non-hydrogen) atoms. The SMILES string of the molecule is Cc1nc(CCNC(=O)Cn2cccc2C(=O)O)no1. The maximum Gasteiger partial charge on any atom is 0.352 e. The van der Waals surface area contributed by atoms with Crippen molar-refractivity contribution >= 4 is 11.9 Å². The van der Waals surface area contributed by atoms with Crippen LogP contribution < -0.4 is 5.32 Å². The lowest BCUT2D eigenvalue weighted by atomic mass is 10.4. The molecule has 0 fully saturated rings. The van der Waals surface area contributed by atoms with E-state index in [2.05, 4.69) is 15.5 Å². The van der Waals surface area contributed by atoms with Gasteiger partial charge in [0.25, 0.3) is 0 Å². The van der Waals surface area contributed by atoms with E-state index in [0.717, 1.165) is 0 Å². The fourth-order valence-corrected chi connectivity index (χ4v) is 1.71. The molecule has 2 aromatic rings. The number of rotatable bonds is 6. The molecule has 0 atom stereocenters. The molecule has 0 aliphatic heterocycles. The minimum Gasteiger partial charge on any atom is -0.477 e. The monoisotopic (exact) mass is 278 g/mol. The molecule has 2 rings (SSSR count). The molecule has 8 heteroatoms. The van der Waals surface area contributed by atoms with Crippen molar-refractivity contribution in [3.05, 3.63) is 35.7 Å². The van der Waals surface area contributed by atoms with E-state index in [0.29, 0.717) is 24.7 Å². The van der Waals surface area contributed by atoms with E-state index in [1.165, 1.54) is 10.6 Å². The third-order valence-electron chi connectivity index (χ3n) is 2.60. The van der Waals surface area contributed by atoms with E-state index in [1.54, 1.807) is 19.2 Å². The second kappa shape index (κ2) is 6.00. The lowest BCUT2D eigenvalue weighted by Crippen LogP contribution is -2.30. The maximum atomic E-state index is 11.7. The molecule has 2 N–H and O–H groups in total. The van der Waals surface area contributed by atoms with Gasteiger partial charge in [0.2, 0.25) is 11.8 Å². The fraction of sp³-hybridized carbons (Fsp3) is 0.333. The van der Waals surface area contributed by atoms with Gasteiger partial charge in [0.15, 0.2) is 5.82 Å². The van der Waals surface area contributed by atoms with Crippen LogP contribution in [0.3, 0.4) is 0 Å². The van der Waals surface area contributed by atoms with Crippen LogP contribution in [-0.2, 0) is 17.8 Å². The molecule has 0 saturated carbocycles. The normalized spacial score (nSPS) is 10.4. The predicted octanol–water partition coefficient (Wildman–Crippen LogP) is 0.237. The molecule has 0 aliphatic carbocycles. The van der Waals surface area contributed by atoms with Gasteiger partial charge in [0.1, 0.15) is 12.2 Å². The summed E-state index contributed by atoms with van der Waals surface area (Å²) in [6, 6.07) is 3.02. The molecule has 1 amide bonds. The number of carboxylic acids is 1. The zero-order valence-electron chi connectivity index (χ0n) is 10.9. The average Bonchev–Trinajstić information content (AvgIpc) is 2.98. The number of carboxylic acid groups (broad SMARTS) is 1. The summed E-state index contributed by atoms with van der Waals surface area (Å²) in [5, 5.41) is 15.3. The first-order valence-corrected chi connectivity index (χ1v) is 6.00. The van der Waals surface area contributed by atoms with E-state index in [-0.39, 0.29) is 18.1 Å². The molecule has 0 saturated heterocycles. The summed E-state index contributed by atoms with van der Waals surface area (Å²) in [6.45, 7) is 2.01. The van der Waals surface area contributed by atoms with Crippen molar-refractivity contribution in [3.63, 3.8) is 0 Å². The first-order chi connectivity index (χ1) is 9.56. The highest BCUT2D eigenvalue weighted by Gasteiger charge is 2.11. The van der Waals surface area contributed by atoms with Gasteiger partial charge in [0.05, 0.1) is 0 Å². The highest BCUT2D eigenvalue weighted by Crippen LogP contribution is 2.02. The van der Waals surface area contributed by atoms with E-state index in [1.807, 2.05) is 0 Å². The number of hydrogen-bond acceptors (Lipinski definition) is 5. The van der Waals surface area contributed by atoms with E-state index >= 15 is 0 Å². The Hall–Kier alpha value is -2.64. The first-order valence-electron chi connectivity index (χ1n) is 6.00. The van der Waals surface area contributed by atoms with E-state index in [9.17, 15) is 9.59 Å². The van der Waals surface area contributed by atoms with Crippen LogP contribution in [0.15, 0.2) is 22.9 Å². The Bertz CT molecular complexity index is 617. The predicted molar refractivity (Wildman–Crippen MR) is 67.1 cm³/mol. The van der Waals surface area contributed by atoms with Crippen molar-refractivity contribution in [2.24, 2.45) is 0 Å². The summed E-state index contributed by atoms with van der Waals surface area (Å²) in [6.07, 6.45) is 2.01. The molecule has 0 unspecified atom stereocenters. The van der Waals surface area contributed by atoms with Crippen LogP contribution in [-0.4, -0.2) is 38.2 Å². The Morgan fingerprint density at radius 2 is 2.30 bits per heavy atom. The van der Waals surface area contributed by atoms with Gasteiger partial charge in [-0.15, -0.1) is 0 Å². The minimum absolute atomic E-state index is 0.0418. The summed E-state index contributed by atoms with van der Waals surface area (Å²) < 4.78 is 6.18. The van der Waals surface area contributed by atoms with Gasteiger partial charge < -0.3 is 19.5 Å². The second-order valence-electron chi connectivity index (χ2n) is 4.16. The van der Waals surface area contributed by atoms with Crippen molar-refractivity contribution in [1.29, 1.82) is 0 Å². The van der Waals surface area contributed by atoms with Gasteiger partial charge in [-0.3, -0.25) is 4.79 Å². The number of aryl methyl sites for hydroxylation is 1. The Kier molecular flexibility index (Phi) is 4.14. The molecule has 0 aromatic carbocycles. The second-order valence-corrected chi connectivity index (χ2v) is 4.16. The van der Waals surface area contributed by atoms with Gasteiger partial charge in [-0.2, -0.15) is 4.98 Å². The summed E-state index contributed by atoms with van der Waals surface area (Å²) >= 11 is 0. The van der Waals surface area contributed by atoms with Gasteiger partial charge in [-0.1, -0.05) is 5.16 Å². The largest absolute Gasteiger partial charge is 0.477 e. The molecule has 8 nitrogen and oxygen atoms in total. The number of nitrogens with one attached hydrogen (secondary N) is 1. The lowest BCUT2D eigenvalue weighted by molar-refractivity contribution is -0.121. The van der Waals surface area contributed by atoms with E-state index < -0.39 is 5.97 Å². The van der Waals surface area contributed by atoms with Crippen molar-refractivity contribution in [2.75, 3.05) is 6.54 Å². The van der Waals surface area contributed by atoms with Gasteiger partial charge in [0, 0.05) is 26.1 Å². The highest BCUT2D eigenvalue weighted by atomic mass is 16.5. The summed E-state index contributed by atoms with van der Waals surface area (Å²) in [5.74, 6) is -0.339. The van der Waals surface area contributed by atoms with Crippen LogP contribution in [0.4, 0.5) is 0 Å². The van der Waals surface area contributed by atoms with Crippen LogP contribution >= 0.6 is 0 Å². The minimum atomic E-state index is -1.06. The topological polar surface area (TPSA) is 110 Å². The van der Waals surface area contributed by atoms with Crippen LogP contribution in [0, 0.1) is 6.92 Å². The summed E-state index contributed by atoms with van der Waals surface area (Å²) in [7, 11) is 0. The van der Waals surface area contributed by atoms with Crippen LogP contribution in [0.2, 0.25) is 0 Å². The number of amides is 1. The smallest absolute Gasteiger partial charge is 0.352 e. The number of carbonyl (C=O) groups is 2. The molecule has 0 radical (unpaired) electrons. The first kappa shape index (κ1) is 13.8. The van der Waals surface area contributed by atoms with Crippen molar-refractivity contribution < 1.29 is 19.2 Å². The van der Waals surface area contributed by atoms with Crippen molar-refractivity contribution in [3.8, 4) is 0 Å². The maximum absolute atomic E-state index is 11.7. The Morgan fingerprint density at radius 1 is 1.50 bits per heavy atom. The van der Waals surface area contributed by atoms with Gasteiger partial charge >= 0.3 is 5.97 Å². The standard InChI is InChI=1S/C12H14N4O4/c1-8-14-10(15-20-8)4-5-13-11(17)7-16-6-2-3-9(16)12(18)19/h2-3,6H,4-5,7H2,1H3,(H,13,17)(H,18,19). The van der Waals surface area contributed by atoms with Crippen LogP contribution in [0.5, 0.6) is 0 Å². The lowest BCUT2D eigenvalue weighted by Gasteiger charge is -2.06. The molecular formula is C12H14N4O4. The molecule has 0 bridgehead atoms. The van der Waals surface area contributed by atoms with E-state index in [4.69, 9.17) is 9.63 Å². The molecule has 2 heterocycles. The number of carbonyl (C=O) groups excluding carboxylic acids is 1. The zero-order chi connectivity index (χ0) is 14.5. The molecule has 106 valence electrons. The third-order valence-corrected chi connectivity index (χ3v) is 2.60. The average molecular weight is 278 g/mol. The number of aromatic carboxylic acids is 1. The Morgan fingerprint density at radius 3 is 2.95 bits per heavy atom. The number of nitrogens with zero attached hydrogens (tertiary/aromatic N) is 3. The third kappa shape index (κ3) is 3.44. The quantitative estimate of drug-likeness (QED) is 0.783. The van der Waals surface area contributed by atoms with Crippen LogP contribution in [0.25, 0.3) is 0 Å². The molecule has 0 aliphatic rings.